The van der Waals surface area contributed by atoms with Crippen molar-refractivity contribution in [2.24, 2.45) is 0 Å². The second-order valence-electron chi connectivity index (χ2n) is 5.54. The van der Waals surface area contributed by atoms with Crippen LogP contribution in [0.3, 0.4) is 0 Å². The van der Waals surface area contributed by atoms with E-state index in [1.165, 1.54) is 15.6 Å². The molecule has 3 rings (SSSR count). The van der Waals surface area contributed by atoms with Crippen molar-refractivity contribution in [3.05, 3.63) is 70.1 Å². The van der Waals surface area contributed by atoms with Gasteiger partial charge in [0.2, 0.25) is 0 Å². The van der Waals surface area contributed by atoms with Gasteiger partial charge in [-0.15, -0.1) is 11.3 Å². The number of aliphatic hydroxyl groups is 1. The molecule has 1 nitrogen and oxygen atoms in total. The molecule has 1 heterocycles. The first kappa shape index (κ1) is 13.3. The molecule has 1 atom stereocenters. The predicted molar refractivity (Wildman–Crippen MR) is 86.4 cm³/mol. The van der Waals surface area contributed by atoms with Gasteiger partial charge in [-0.2, -0.15) is 0 Å². The fraction of sp³-hybridized carbons (Fsp3) is 0.222. The molecular weight excluding hydrogens is 264 g/mol. The number of thiophene rings is 1. The van der Waals surface area contributed by atoms with E-state index in [9.17, 15) is 5.11 Å². The summed E-state index contributed by atoms with van der Waals surface area (Å²) in [6.45, 7) is 6.00. The van der Waals surface area contributed by atoms with Gasteiger partial charge in [0, 0.05) is 9.58 Å². The van der Waals surface area contributed by atoms with E-state index in [4.69, 9.17) is 0 Å². The van der Waals surface area contributed by atoms with Crippen molar-refractivity contribution in [2.45, 2.75) is 26.4 Å². The van der Waals surface area contributed by atoms with Crippen molar-refractivity contribution in [3.63, 3.8) is 0 Å². The lowest BCUT2D eigenvalue weighted by Crippen LogP contribution is -2.22. The van der Waals surface area contributed by atoms with Gasteiger partial charge in [-0.1, -0.05) is 42.0 Å². The maximum atomic E-state index is 11.1. The zero-order valence-electron chi connectivity index (χ0n) is 12.0. The molecule has 2 heteroatoms. The van der Waals surface area contributed by atoms with Gasteiger partial charge in [-0.05, 0) is 49.4 Å². The minimum atomic E-state index is -0.945. The Hall–Kier alpha value is -1.64. The third-order valence-electron chi connectivity index (χ3n) is 3.82. The molecule has 2 aromatic carbocycles. The molecule has 0 saturated carbocycles. The average molecular weight is 282 g/mol. The van der Waals surface area contributed by atoms with Gasteiger partial charge in [0.1, 0.15) is 5.60 Å². The van der Waals surface area contributed by atoms with Gasteiger partial charge in [-0.25, -0.2) is 0 Å². The van der Waals surface area contributed by atoms with Gasteiger partial charge in [0.15, 0.2) is 0 Å². The largest absolute Gasteiger partial charge is 0.380 e. The molecule has 1 unspecified atom stereocenters. The van der Waals surface area contributed by atoms with Crippen molar-refractivity contribution < 1.29 is 5.11 Å². The van der Waals surface area contributed by atoms with E-state index in [-0.39, 0.29) is 0 Å². The lowest BCUT2D eigenvalue weighted by molar-refractivity contribution is 0.105. The number of hydrogen-bond acceptors (Lipinski definition) is 2. The Morgan fingerprint density at radius 1 is 1.00 bits per heavy atom. The smallest absolute Gasteiger partial charge is 0.121 e. The lowest BCUT2D eigenvalue weighted by atomic mass is 9.89. The summed E-state index contributed by atoms with van der Waals surface area (Å²) >= 11 is 1.66. The summed E-state index contributed by atoms with van der Waals surface area (Å²) in [4.78, 5) is 0.993. The van der Waals surface area contributed by atoms with Gasteiger partial charge < -0.3 is 5.11 Å². The molecule has 0 aliphatic carbocycles. The predicted octanol–water partition coefficient (Wildman–Crippen LogP) is 4.77. The zero-order chi connectivity index (χ0) is 14.3. The van der Waals surface area contributed by atoms with Gasteiger partial charge in [0.25, 0.3) is 0 Å². The van der Waals surface area contributed by atoms with Crippen LogP contribution in [-0.4, -0.2) is 5.11 Å². The third-order valence-corrected chi connectivity index (χ3v) is 5.15. The molecule has 0 aliphatic heterocycles. The van der Waals surface area contributed by atoms with E-state index >= 15 is 0 Å². The number of rotatable bonds is 2. The highest BCUT2D eigenvalue weighted by atomic mass is 32.1. The highest BCUT2D eigenvalue weighted by Gasteiger charge is 2.29. The van der Waals surface area contributed by atoms with Crippen LogP contribution in [0.1, 0.15) is 28.5 Å². The first-order valence-corrected chi connectivity index (χ1v) is 7.59. The Balaban J connectivity index is 2.17. The summed E-state index contributed by atoms with van der Waals surface area (Å²) in [5.74, 6) is 0. The summed E-state index contributed by atoms with van der Waals surface area (Å²) in [6.07, 6.45) is 0. The molecule has 0 bridgehead atoms. The van der Waals surface area contributed by atoms with Gasteiger partial charge in [-0.3, -0.25) is 0 Å². The van der Waals surface area contributed by atoms with E-state index < -0.39 is 5.60 Å². The molecule has 1 aromatic heterocycles. The summed E-state index contributed by atoms with van der Waals surface area (Å²) < 4.78 is 1.22. The van der Waals surface area contributed by atoms with Crippen LogP contribution in [-0.2, 0) is 5.60 Å². The van der Waals surface area contributed by atoms with Crippen molar-refractivity contribution in [3.8, 4) is 0 Å². The van der Waals surface area contributed by atoms with Crippen molar-refractivity contribution in [2.75, 3.05) is 0 Å². The maximum absolute atomic E-state index is 11.1. The molecule has 0 amide bonds. The van der Waals surface area contributed by atoms with Crippen molar-refractivity contribution in [1.29, 1.82) is 0 Å². The Morgan fingerprint density at radius 3 is 2.50 bits per heavy atom. The topological polar surface area (TPSA) is 20.2 Å². The number of benzene rings is 2. The Labute approximate surface area is 123 Å². The minimum absolute atomic E-state index is 0.945. The Kier molecular flexibility index (Phi) is 3.15. The third kappa shape index (κ3) is 2.15. The Bertz CT molecular complexity index is 735. The second kappa shape index (κ2) is 4.72. The molecule has 0 spiro atoms. The molecule has 102 valence electrons. The van der Waals surface area contributed by atoms with E-state index in [1.807, 2.05) is 19.1 Å². The van der Waals surface area contributed by atoms with E-state index in [0.717, 1.165) is 16.0 Å². The van der Waals surface area contributed by atoms with Crippen LogP contribution in [0.2, 0.25) is 0 Å². The van der Waals surface area contributed by atoms with Crippen LogP contribution in [0.5, 0.6) is 0 Å². The van der Waals surface area contributed by atoms with E-state index in [2.05, 4.69) is 50.2 Å². The van der Waals surface area contributed by atoms with Crippen LogP contribution >= 0.6 is 11.3 Å². The average Bonchev–Trinajstić information content (AvgIpc) is 2.86. The van der Waals surface area contributed by atoms with E-state index in [1.54, 1.807) is 11.3 Å². The zero-order valence-corrected chi connectivity index (χ0v) is 12.8. The van der Waals surface area contributed by atoms with Crippen molar-refractivity contribution in [1.82, 2.24) is 0 Å². The van der Waals surface area contributed by atoms with Crippen LogP contribution < -0.4 is 0 Å². The van der Waals surface area contributed by atoms with E-state index in [0.29, 0.717) is 0 Å². The van der Waals surface area contributed by atoms with Gasteiger partial charge in [0.05, 0.1) is 0 Å². The highest BCUT2D eigenvalue weighted by Crippen LogP contribution is 2.38. The number of aryl methyl sites for hydroxylation is 2. The molecule has 3 aromatic rings. The van der Waals surface area contributed by atoms with Gasteiger partial charge >= 0.3 is 0 Å². The molecular formula is C18H18OS. The summed E-state index contributed by atoms with van der Waals surface area (Å²) in [5, 5.41) is 12.3. The first-order valence-electron chi connectivity index (χ1n) is 6.77. The second-order valence-corrected chi connectivity index (χ2v) is 6.62. The molecule has 0 saturated heterocycles. The standard InChI is InChI=1S/C18H18OS/c1-12-8-9-13(2)15(10-12)18(3,19)17-11-14-6-4-5-7-16(14)20-17/h4-11,19H,1-3H3. The van der Waals surface area contributed by atoms with Crippen LogP contribution in [0.25, 0.3) is 10.1 Å². The lowest BCUT2D eigenvalue weighted by Gasteiger charge is -2.25. The Morgan fingerprint density at radius 2 is 1.75 bits per heavy atom. The molecule has 0 fully saturated rings. The van der Waals surface area contributed by atoms with Crippen molar-refractivity contribution >= 4 is 21.4 Å². The minimum Gasteiger partial charge on any atom is -0.380 e. The van der Waals surface area contributed by atoms with Crippen LogP contribution in [0.15, 0.2) is 48.5 Å². The normalized spacial score (nSPS) is 14.4. The first-order chi connectivity index (χ1) is 9.48. The quantitative estimate of drug-likeness (QED) is 0.717. The molecule has 0 radical (unpaired) electrons. The highest BCUT2D eigenvalue weighted by molar-refractivity contribution is 7.19. The summed E-state index contributed by atoms with van der Waals surface area (Å²) in [5.41, 5.74) is 2.34. The summed E-state index contributed by atoms with van der Waals surface area (Å²) in [6, 6.07) is 16.6. The SMILES string of the molecule is Cc1ccc(C)c(C(C)(O)c2cc3ccccc3s2)c1. The monoisotopic (exact) mass is 282 g/mol. The number of fused-ring (bicyclic) bond motifs is 1. The van der Waals surface area contributed by atoms with Crippen LogP contribution in [0, 0.1) is 13.8 Å². The maximum Gasteiger partial charge on any atom is 0.121 e. The molecule has 20 heavy (non-hydrogen) atoms. The summed E-state index contributed by atoms with van der Waals surface area (Å²) in [7, 11) is 0. The number of hydrogen-bond donors (Lipinski definition) is 1. The molecule has 0 aliphatic rings. The van der Waals surface area contributed by atoms with Crippen LogP contribution in [0.4, 0.5) is 0 Å². The fourth-order valence-electron chi connectivity index (χ4n) is 2.61. The fourth-order valence-corrected chi connectivity index (χ4v) is 3.74. The molecule has 1 N–H and O–H groups in total.